The van der Waals surface area contributed by atoms with Crippen molar-refractivity contribution < 1.29 is 9.53 Å². The molecule has 19 heavy (non-hydrogen) atoms. The topological polar surface area (TPSA) is 29.5 Å². The summed E-state index contributed by atoms with van der Waals surface area (Å²) in [6.07, 6.45) is 4.77. The lowest BCUT2D eigenvalue weighted by Crippen LogP contribution is -2.41. The number of rotatable bonds is 10. The molecule has 0 aliphatic carbocycles. The third kappa shape index (κ3) is 6.24. The summed E-state index contributed by atoms with van der Waals surface area (Å²) in [5, 5.41) is 9.17. The van der Waals surface area contributed by atoms with Crippen LogP contribution in [0, 0.1) is 5.92 Å². The van der Waals surface area contributed by atoms with E-state index in [0.717, 1.165) is 18.4 Å². The van der Waals surface area contributed by atoms with Crippen molar-refractivity contribution in [1.29, 1.82) is 0 Å². The van der Waals surface area contributed by atoms with E-state index in [1.165, 1.54) is 18.1 Å². The minimum atomic E-state index is -1.53. The Labute approximate surface area is 121 Å². The van der Waals surface area contributed by atoms with Gasteiger partial charge in [0.25, 0.3) is 0 Å². The van der Waals surface area contributed by atoms with Gasteiger partial charge < -0.3 is 9.53 Å². The van der Waals surface area contributed by atoms with Gasteiger partial charge in [-0.05, 0) is 37.4 Å². The minimum Gasteiger partial charge on any atom is -0.413 e. The van der Waals surface area contributed by atoms with Gasteiger partial charge in [-0.25, -0.2) is 0 Å². The van der Waals surface area contributed by atoms with E-state index in [1.54, 1.807) is 0 Å². The zero-order valence-electron chi connectivity index (χ0n) is 13.8. The molecular weight excluding hydrogens is 252 g/mol. The molecule has 2 atom stereocenters. The highest BCUT2D eigenvalue weighted by molar-refractivity contribution is 6.73. The molecule has 0 saturated heterocycles. The van der Waals surface area contributed by atoms with Gasteiger partial charge in [0.2, 0.25) is 0 Å². The van der Waals surface area contributed by atoms with E-state index < -0.39 is 8.32 Å². The summed E-state index contributed by atoms with van der Waals surface area (Å²) in [5.41, 5.74) is 1.05. The summed E-state index contributed by atoms with van der Waals surface area (Å²) in [4.78, 5) is 0. The smallest absolute Gasteiger partial charge is 0.192 e. The Morgan fingerprint density at radius 3 is 2.05 bits per heavy atom. The standard InChI is InChI=1S/C16H34O2Si/c1-7-11-16(15(6)12-14(5)13-17)18-19(8-2,9-3)10-4/h12,15-17H,7-11,13H2,1-6H3/t15-,16-/m1/s1. The number of hydrogen-bond acceptors (Lipinski definition) is 2. The van der Waals surface area contributed by atoms with Gasteiger partial charge in [0, 0.05) is 0 Å². The molecule has 0 rings (SSSR count). The fourth-order valence-electron chi connectivity index (χ4n) is 2.64. The summed E-state index contributed by atoms with van der Waals surface area (Å²) in [6, 6.07) is 3.61. The second-order valence-electron chi connectivity index (χ2n) is 5.72. The van der Waals surface area contributed by atoms with Crippen LogP contribution in [0.15, 0.2) is 11.6 Å². The second-order valence-corrected chi connectivity index (χ2v) is 10.4. The van der Waals surface area contributed by atoms with Gasteiger partial charge in [-0.2, -0.15) is 0 Å². The Balaban J connectivity index is 4.90. The first kappa shape index (κ1) is 18.9. The van der Waals surface area contributed by atoms with Crippen LogP contribution >= 0.6 is 0 Å². The fraction of sp³-hybridized carbons (Fsp3) is 0.875. The van der Waals surface area contributed by atoms with Crippen molar-refractivity contribution in [1.82, 2.24) is 0 Å². The van der Waals surface area contributed by atoms with Gasteiger partial charge in [-0.3, -0.25) is 0 Å². The molecule has 0 fully saturated rings. The van der Waals surface area contributed by atoms with E-state index in [4.69, 9.17) is 9.53 Å². The van der Waals surface area contributed by atoms with Crippen LogP contribution in [0.2, 0.25) is 18.1 Å². The molecule has 114 valence electrons. The zero-order valence-corrected chi connectivity index (χ0v) is 14.8. The molecule has 3 heteroatoms. The SMILES string of the molecule is CCC[C@@H](O[Si](CC)(CC)CC)[C@H](C)C=C(C)CO. The summed E-state index contributed by atoms with van der Waals surface area (Å²) in [6.45, 7) is 13.4. The molecule has 0 amide bonds. The monoisotopic (exact) mass is 286 g/mol. The Hall–Kier alpha value is -0.123. The largest absolute Gasteiger partial charge is 0.413 e. The van der Waals surface area contributed by atoms with Crippen molar-refractivity contribution in [2.45, 2.75) is 78.6 Å². The van der Waals surface area contributed by atoms with E-state index in [2.05, 4.69) is 40.7 Å². The summed E-state index contributed by atoms with van der Waals surface area (Å²) in [5.74, 6) is 0.392. The van der Waals surface area contributed by atoms with E-state index in [0.29, 0.717) is 12.0 Å². The molecule has 0 saturated carbocycles. The Bertz CT molecular complexity index is 251. The van der Waals surface area contributed by atoms with Crippen molar-refractivity contribution in [2.24, 2.45) is 5.92 Å². The number of hydrogen-bond donors (Lipinski definition) is 1. The lowest BCUT2D eigenvalue weighted by atomic mass is 9.98. The Morgan fingerprint density at radius 1 is 1.16 bits per heavy atom. The molecule has 0 aromatic rings. The predicted molar refractivity (Wildman–Crippen MR) is 87.0 cm³/mol. The third-order valence-corrected chi connectivity index (χ3v) is 8.96. The molecule has 0 bridgehead atoms. The van der Waals surface area contributed by atoms with Gasteiger partial charge in [-0.1, -0.05) is 52.7 Å². The lowest BCUT2D eigenvalue weighted by Gasteiger charge is -2.35. The van der Waals surface area contributed by atoms with Crippen LogP contribution in [0.1, 0.15) is 54.4 Å². The van der Waals surface area contributed by atoms with Crippen LogP contribution in [0.3, 0.4) is 0 Å². The summed E-state index contributed by atoms with van der Waals surface area (Å²) in [7, 11) is -1.53. The molecule has 0 aliphatic heterocycles. The van der Waals surface area contributed by atoms with Crippen molar-refractivity contribution in [3.05, 3.63) is 11.6 Å². The second kappa shape index (κ2) is 9.73. The molecule has 0 unspecified atom stereocenters. The highest BCUT2D eigenvalue weighted by Crippen LogP contribution is 2.28. The van der Waals surface area contributed by atoms with Crippen LogP contribution in [0.4, 0.5) is 0 Å². The van der Waals surface area contributed by atoms with Gasteiger partial charge in [0.1, 0.15) is 0 Å². The molecule has 1 N–H and O–H groups in total. The van der Waals surface area contributed by atoms with Crippen LogP contribution in [0.25, 0.3) is 0 Å². The first-order chi connectivity index (χ1) is 8.98. The molecule has 0 aromatic carbocycles. The first-order valence-electron chi connectivity index (χ1n) is 7.94. The van der Waals surface area contributed by atoms with Gasteiger partial charge in [-0.15, -0.1) is 0 Å². The quantitative estimate of drug-likeness (QED) is 0.464. The van der Waals surface area contributed by atoms with Crippen LogP contribution < -0.4 is 0 Å². The van der Waals surface area contributed by atoms with Gasteiger partial charge >= 0.3 is 0 Å². The van der Waals surface area contributed by atoms with Crippen molar-refractivity contribution in [3.8, 4) is 0 Å². The predicted octanol–water partition coefficient (Wildman–Crippen LogP) is 4.75. The number of aliphatic hydroxyl groups is 1. The summed E-state index contributed by atoms with van der Waals surface area (Å²) < 4.78 is 6.65. The first-order valence-corrected chi connectivity index (χ1v) is 10.5. The average Bonchev–Trinajstić information content (AvgIpc) is 2.43. The zero-order chi connectivity index (χ0) is 14.9. The molecule has 0 aromatic heterocycles. The molecule has 0 radical (unpaired) electrons. The number of aliphatic hydroxyl groups excluding tert-OH is 1. The normalized spacial score (nSPS) is 16.5. The Kier molecular flexibility index (Phi) is 9.67. The maximum Gasteiger partial charge on any atom is 0.192 e. The highest BCUT2D eigenvalue weighted by Gasteiger charge is 2.33. The maximum absolute atomic E-state index is 9.17. The molecular formula is C16H34O2Si. The van der Waals surface area contributed by atoms with E-state index >= 15 is 0 Å². The minimum absolute atomic E-state index is 0.154. The van der Waals surface area contributed by atoms with Gasteiger partial charge in [0.15, 0.2) is 8.32 Å². The van der Waals surface area contributed by atoms with Crippen molar-refractivity contribution >= 4 is 8.32 Å². The molecule has 2 nitrogen and oxygen atoms in total. The lowest BCUT2D eigenvalue weighted by molar-refractivity contribution is 0.139. The van der Waals surface area contributed by atoms with Crippen LogP contribution in [-0.4, -0.2) is 26.1 Å². The van der Waals surface area contributed by atoms with Crippen LogP contribution in [-0.2, 0) is 4.43 Å². The van der Waals surface area contributed by atoms with E-state index in [9.17, 15) is 0 Å². The average molecular weight is 287 g/mol. The summed E-state index contributed by atoms with van der Waals surface area (Å²) >= 11 is 0. The van der Waals surface area contributed by atoms with Gasteiger partial charge in [0.05, 0.1) is 12.7 Å². The van der Waals surface area contributed by atoms with Crippen molar-refractivity contribution in [2.75, 3.05) is 6.61 Å². The van der Waals surface area contributed by atoms with E-state index in [-0.39, 0.29) is 6.61 Å². The fourth-order valence-corrected chi connectivity index (χ4v) is 5.62. The highest BCUT2D eigenvalue weighted by atomic mass is 28.4. The van der Waals surface area contributed by atoms with Crippen LogP contribution in [0.5, 0.6) is 0 Å². The van der Waals surface area contributed by atoms with Crippen molar-refractivity contribution in [3.63, 3.8) is 0 Å². The van der Waals surface area contributed by atoms with E-state index in [1.807, 2.05) is 6.92 Å². The molecule has 0 heterocycles. The Morgan fingerprint density at radius 2 is 1.68 bits per heavy atom. The third-order valence-electron chi connectivity index (χ3n) is 4.29. The molecule has 0 aliphatic rings. The molecule has 0 spiro atoms. The maximum atomic E-state index is 9.17.